The molecule has 0 fully saturated rings. The maximum atomic E-state index is 12.3. The van der Waals surface area contributed by atoms with E-state index in [1.165, 1.54) is 11.8 Å². The van der Waals surface area contributed by atoms with Gasteiger partial charge >= 0.3 is 0 Å². The summed E-state index contributed by atoms with van der Waals surface area (Å²) in [5, 5.41) is 4.00. The molecule has 4 nitrogen and oxygen atoms in total. The highest BCUT2D eigenvalue weighted by atomic mass is 32.2. The fourth-order valence-corrected chi connectivity index (χ4v) is 2.37. The van der Waals surface area contributed by atoms with Gasteiger partial charge in [0, 0.05) is 17.3 Å². The van der Waals surface area contributed by atoms with Crippen LogP contribution >= 0.6 is 11.8 Å². The third-order valence-corrected chi connectivity index (χ3v) is 3.87. The summed E-state index contributed by atoms with van der Waals surface area (Å²) >= 11 is 1.48. The molecule has 0 bridgehead atoms. The zero-order chi connectivity index (χ0) is 16.7. The lowest BCUT2D eigenvalue weighted by atomic mass is 10.1. The molecule has 120 valence electrons. The first kappa shape index (κ1) is 17.0. The van der Waals surface area contributed by atoms with E-state index in [2.05, 4.69) is 5.32 Å². The molecule has 0 amide bonds. The first-order valence-corrected chi connectivity index (χ1v) is 8.24. The highest BCUT2D eigenvalue weighted by molar-refractivity contribution is 8.02. The lowest BCUT2D eigenvalue weighted by Crippen LogP contribution is -2.01. The summed E-state index contributed by atoms with van der Waals surface area (Å²) in [4.78, 5) is 12.3. The van der Waals surface area contributed by atoms with E-state index in [0.29, 0.717) is 5.56 Å². The van der Waals surface area contributed by atoms with Crippen LogP contribution < -0.4 is 14.8 Å². The molecule has 0 spiro atoms. The van der Waals surface area contributed by atoms with Crippen molar-refractivity contribution in [2.75, 3.05) is 25.8 Å². The van der Waals surface area contributed by atoms with Crippen LogP contribution in [0.15, 0.2) is 59.6 Å². The third-order valence-electron chi connectivity index (χ3n) is 3.21. The highest BCUT2D eigenvalue weighted by Gasteiger charge is 2.06. The number of ether oxygens (including phenoxy) is 2. The Labute approximate surface area is 140 Å². The quantitative estimate of drug-likeness (QED) is 0.609. The number of thioether (sulfide) groups is 1. The normalized spacial score (nSPS) is 11.0. The number of methoxy groups -OCH3 is 2. The van der Waals surface area contributed by atoms with Gasteiger partial charge in [0.1, 0.15) is 11.5 Å². The van der Waals surface area contributed by atoms with Gasteiger partial charge in [-0.3, -0.25) is 4.79 Å². The second kappa shape index (κ2) is 8.29. The summed E-state index contributed by atoms with van der Waals surface area (Å²) in [6, 6.07) is 14.6. The minimum atomic E-state index is -0.0574. The van der Waals surface area contributed by atoms with E-state index in [1.807, 2.05) is 30.5 Å². The van der Waals surface area contributed by atoms with Crippen LogP contribution in [0.3, 0.4) is 0 Å². The van der Waals surface area contributed by atoms with Crippen LogP contribution in [-0.2, 0) is 0 Å². The number of carbonyl (C=O) groups excluding carboxylic acids is 1. The minimum Gasteiger partial charge on any atom is -0.497 e. The molecule has 0 radical (unpaired) electrons. The van der Waals surface area contributed by atoms with E-state index in [1.54, 1.807) is 44.6 Å². The second-order valence-corrected chi connectivity index (χ2v) is 5.51. The number of ketones is 1. The Bertz CT molecular complexity index is 678. The predicted molar refractivity (Wildman–Crippen MR) is 95.5 cm³/mol. The number of nitrogens with one attached hydrogen (secondary N) is 1. The lowest BCUT2D eigenvalue weighted by molar-refractivity contribution is 0.104. The summed E-state index contributed by atoms with van der Waals surface area (Å²) in [7, 11) is 3.23. The standard InChI is InChI=1S/C18H19NO3S/c1-21-15-8-4-13(5-9-15)17(20)12-18(23-3)19-14-6-10-16(22-2)11-7-14/h4-12,19H,1-3H3/b18-12-. The van der Waals surface area contributed by atoms with E-state index >= 15 is 0 Å². The van der Waals surface area contributed by atoms with Gasteiger partial charge in [-0.1, -0.05) is 0 Å². The average Bonchev–Trinajstić information content (AvgIpc) is 2.61. The van der Waals surface area contributed by atoms with Gasteiger partial charge in [0.2, 0.25) is 0 Å². The van der Waals surface area contributed by atoms with Crippen LogP contribution in [0.1, 0.15) is 10.4 Å². The monoisotopic (exact) mass is 329 g/mol. The van der Waals surface area contributed by atoms with Crippen LogP contribution in [0.25, 0.3) is 0 Å². The molecule has 5 heteroatoms. The van der Waals surface area contributed by atoms with Gasteiger partial charge in [0.25, 0.3) is 0 Å². The average molecular weight is 329 g/mol. The largest absolute Gasteiger partial charge is 0.497 e. The molecule has 1 N–H and O–H groups in total. The van der Waals surface area contributed by atoms with Crippen LogP contribution in [0, 0.1) is 0 Å². The summed E-state index contributed by atoms with van der Waals surface area (Å²) in [5.74, 6) is 1.46. The third kappa shape index (κ3) is 4.79. The number of hydrogen-bond acceptors (Lipinski definition) is 5. The summed E-state index contributed by atoms with van der Waals surface area (Å²) < 4.78 is 10.2. The fourth-order valence-electron chi connectivity index (χ4n) is 1.92. The van der Waals surface area contributed by atoms with Gasteiger partial charge in [0.05, 0.1) is 19.2 Å². The van der Waals surface area contributed by atoms with Gasteiger partial charge < -0.3 is 14.8 Å². The minimum absolute atomic E-state index is 0.0574. The maximum absolute atomic E-state index is 12.3. The molecule has 2 rings (SSSR count). The Morgan fingerprint density at radius 1 is 0.957 bits per heavy atom. The number of benzene rings is 2. The zero-order valence-electron chi connectivity index (χ0n) is 13.3. The van der Waals surface area contributed by atoms with Gasteiger partial charge in [-0.25, -0.2) is 0 Å². The molecule has 0 aliphatic rings. The maximum Gasteiger partial charge on any atom is 0.188 e. The van der Waals surface area contributed by atoms with Crippen molar-refractivity contribution in [1.82, 2.24) is 0 Å². The Morgan fingerprint density at radius 2 is 1.48 bits per heavy atom. The Hall–Kier alpha value is -2.40. The van der Waals surface area contributed by atoms with Crippen molar-refractivity contribution in [3.8, 4) is 11.5 Å². The molecule has 2 aromatic carbocycles. The summed E-state index contributed by atoms with van der Waals surface area (Å²) in [6.07, 6.45) is 3.51. The Morgan fingerprint density at radius 3 is 1.96 bits per heavy atom. The van der Waals surface area contributed by atoms with Crippen molar-refractivity contribution in [3.05, 3.63) is 65.2 Å². The number of hydrogen-bond donors (Lipinski definition) is 1. The van der Waals surface area contributed by atoms with E-state index in [9.17, 15) is 4.79 Å². The molecular formula is C18H19NO3S. The van der Waals surface area contributed by atoms with E-state index in [-0.39, 0.29) is 5.78 Å². The molecule has 0 heterocycles. The molecule has 0 saturated heterocycles. The Kier molecular flexibility index (Phi) is 6.11. The van der Waals surface area contributed by atoms with Gasteiger partial charge in [-0.15, -0.1) is 11.8 Å². The van der Waals surface area contributed by atoms with Gasteiger partial charge in [-0.2, -0.15) is 0 Å². The molecule has 0 aromatic heterocycles. The van der Waals surface area contributed by atoms with Crippen molar-refractivity contribution in [3.63, 3.8) is 0 Å². The molecule has 0 atom stereocenters. The SMILES string of the molecule is COc1ccc(N/C(=C/C(=O)c2ccc(OC)cc2)SC)cc1. The molecule has 0 aliphatic carbocycles. The van der Waals surface area contributed by atoms with Crippen LogP contribution in [0.5, 0.6) is 11.5 Å². The number of allylic oxidation sites excluding steroid dienone is 1. The number of rotatable bonds is 7. The molecule has 23 heavy (non-hydrogen) atoms. The Balaban J connectivity index is 2.11. The zero-order valence-corrected chi connectivity index (χ0v) is 14.1. The van der Waals surface area contributed by atoms with E-state index in [4.69, 9.17) is 9.47 Å². The van der Waals surface area contributed by atoms with Crippen LogP contribution in [0.2, 0.25) is 0 Å². The molecule has 2 aromatic rings. The molecule has 0 saturated carbocycles. The first-order chi connectivity index (χ1) is 11.2. The highest BCUT2D eigenvalue weighted by Crippen LogP contribution is 2.21. The number of carbonyl (C=O) groups is 1. The van der Waals surface area contributed by atoms with Crippen molar-refractivity contribution >= 4 is 23.2 Å². The predicted octanol–water partition coefficient (Wildman–Crippen LogP) is 4.20. The van der Waals surface area contributed by atoms with E-state index in [0.717, 1.165) is 22.2 Å². The molecular weight excluding hydrogens is 310 g/mol. The van der Waals surface area contributed by atoms with Gasteiger partial charge in [-0.05, 0) is 54.8 Å². The lowest BCUT2D eigenvalue weighted by Gasteiger charge is -2.09. The van der Waals surface area contributed by atoms with Crippen LogP contribution in [-0.4, -0.2) is 26.3 Å². The number of anilines is 1. The van der Waals surface area contributed by atoms with Crippen LogP contribution in [0.4, 0.5) is 5.69 Å². The molecule has 0 unspecified atom stereocenters. The first-order valence-electron chi connectivity index (χ1n) is 7.01. The summed E-state index contributed by atoms with van der Waals surface area (Å²) in [6.45, 7) is 0. The topological polar surface area (TPSA) is 47.6 Å². The van der Waals surface area contributed by atoms with Crippen molar-refractivity contribution in [2.24, 2.45) is 0 Å². The van der Waals surface area contributed by atoms with Crippen molar-refractivity contribution < 1.29 is 14.3 Å². The second-order valence-electron chi connectivity index (χ2n) is 4.66. The van der Waals surface area contributed by atoms with Crippen molar-refractivity contribution in [2.45, 2.75) is 0 Å². The fraction of sp³-hybridized carbons (Fsp3) is 0.167. The molecule has 0 aliphatic heterocycles. The van der Waals surface area contributed by atoms with Crippen molar-refractivity contribution in [1.29, 1.82) is 0 Å². The van der Waals surface area contributed by atoms with Gasteiger partial charge in [0.15, 0.2) is 5.78 Å². The van der Waals surface area contributed by atoms with E-state index < -0.39 is 0 Å². The smallest absolute Gasteiger partial charge is 0.188 e. The summed E-state index contributed by atoms with van der Waals surface area (Å²) in [5.41, 5.74) is 1.52.